The first-order chi connectivity index (χ1) is 9.13. The Morgan fingerprint density at radius 2 is 1.95 bits per heavy atom. The molecule has 1 aromatic carbocycles. The molecule has 0 fully saturated rings. The fraction of sp³-hybridized carbons (Fsp3) is 0.438. The van der Waals surface area contributed by atoms with Gasteiger partial charge in [0.05, 0.1) is 12.3 Å². The summed E-state index contributed by atoms with van der Waals surface area (Å²) in [5.41, 5.74) is 3.78. The van der Waals surface area contributed by atoms with E-state index in [1.165, 1.54) is 16.7 Å². The van der Waals surface area contributed by atoms with E-state index in [-0.39, 0.29) is 6.10 Å². The number of benzene rings is 1. The maximum absolute atomic E-state index is 10.0. The van der Waals surface area contributed by atoms with Crippen LogP contribution in [-0.2, 0) is 19.9 Å². The standard InChI is InChI=1S/C16H22N2O/c1-13-4-3-5-14(10-13)6-8-16(19)9-7-15-11-17-18(2)12-15/h3-5,10-12,16,19H,6-9H2,1-2H3. The second-order valence-electron chi connectivity index (χ2n) is 5.24. The lowest BCUT2D eigenvalue weighted by Crippen LogP contribution is -2.09. The van der Waals surface area contributed by atoms with E-state index in [1.807, 2.05) is 19.4 Å². The van der Waals surface area contributed by atoms with E-state index in [0.717, 1.165) is 25.7 Å². The molecule has 0 aliphatic heterocycles. The molecular formula is C16H22N2O. The summed E-state index contributed by atoms with van der Waals surface area (Å²) >= 11 is 0. The molecule has 1 heterocycles. The van der Waals surface area contributed by atoms with Gasteiger partial charge in [-0.1, -0.05) is 29.8 Å². The van der Waals surface area contributed by atoms with Gasteiger partial charge in [-0.25, -0.2) is 0 Å². The molecule has 0 amide bonds. The highest BCUT2D eigenvalue weighted by molar-refractivity contribution is 5.22. The topological polar surface area (TPSA) is 38.1 Å². The zero-order valence-electron chi connectivity index (χ0n) is 11.7. The maximum Gasteiger partial charge on any atom is 0.0546 e. The van der Waals surface area contributed by atoms with Crippen molar-refractivity contribution in [1.29, 1.82) is 0 Å². The summed E-state index contributed by atoms with van der Waals surface area (Å²) in [5.74, 6) is 0. The van der Waals surface area contributed by atoms with E-state index >= 15 is 0 Å². The first-order valence-electron chi connectivity index (χ1n) is 6.84. The summed E-state index contributed by atoms with van der Waals surface area (Å²) < 4.78 is 1.80. The summed E-state index contributed by atoms with van der Waals surface area (Å²) in [6.45, 7) is 2.10. The molecule has 2 aromatic rings. The SMILES string of the molecule is Cc1cccc(CCC(O)CCc2cnn(C)c2)c1. The highest BCUT2D eigenvalue weighted by Crippen LogP contribution is 2.11. The van der Waals surface area contributed by atoms with Crippen LogP contribution in [0.4, 0.5) is 0 Å². The lowest BCUT2D eigenvalue weighted by molar-refractivity contribution is 0.155. The zero-order valence-corrected chi connectivity index (χ0v) is 11.7. The van der Waals surface area contributed by atoms with E-state index in [2.05, 4.69) is 36.3 Å². The summed E-state index contributed by atoms with van der Waals surface area (Å²) in [6, 6.07) is 8.49. The summed E-state index contributed by atoms with van der Waals surface area (Å²) in [6.07, 6.45) is 7.10. The van der Waals surface area contributed by atoms with Crippen LogP contribution in [-0.4, -0.2) is 21.0 Å². The molecule has 3 nitrogen and oxygen atoms in total. The van der Waals surface area contributed by atoms with E-state index in [0.29, 0.717) is 0 Å². The Hall–Kier alpha value is -1.61. The fourth-order valence-electron chi connectivity index (χ4n) is 2.28. The molecular weight excluding hydrogens is 236 g/mol. The summed E-state index contributed by atoms with van der Waals surface area (Å²) in [4.78, 5) is 0. The summed E-state index contributed by atoms with van der Waals surface area (Å²) in [7, 11) is 1.91. The molecule has 3 heteroatoms. The third-order valence-corrected chi connectivity index (χ3v) is 3.37. The third kappa shape index (κ3) is 4.52. The number of nitrogens with zero attached hydrogens (tertiary/aromatic N) is 2. The third-order valence-electron chi connectivity index (χ3n) is 3.37. The molecule has 0 bridgehead atoms. The average molecular weight is 258 g/mol. The van der Waals surface area contributed by atoms with Crippen LogP contribution in [0.25, 0.3) is 0 Å². The molecule has 19 heavy (non-hydrogen) atoms. The van der Waals surface area contributed by atoms with Crippen molar-refractivity contribution < 1.29 is 5.11 Å². The quantitative estimate of drug-likeness (QED) is 0.865. The van der Waals surface area contributed by atoms with Gasteiger partial charge in [-0.2, -0.15) is 5.10 Å². The number of aromatic nitrogens is 2. The van der Waals surface area contributed by atoms with Crippen molar-refractivity contribution in [2.24, 2.45) is 7.05 Å². The van der Waals surface area contributed by atoms with Crippen LogP contribution in [0.1, 0.15) is 29.5 Å². The van der Waals surface area contributed by atoms with Gasteiger partial charge in [0.1, 0.15) is 0 Å². The van der Waals surface area contributed by atoms with Gasteiger partial charge in [0.2, 0.25) is 0 Å². The number of hydrogen-bond acceptors (Lipinski definition) is 2. The van der Waals surface area contributed by atoms with Crippen molar-refractivity contribution in [1.82, 2.24) is 9.78 Å². The molecule has 1 N–H and O–H groups in total. The molecule has 1 unspecified atom stereocenters. The van der Waals surface area contributed by atoms with Gasteiger partial charge in [0, 0.05) is 13.2 Å². The Morgan fingerprint density at radius 3 is 2.58 bits per heavy atom. The Labute approximate surface area is 114 Å². The lowest BCUT2D eigenvalue weighted by Gasteiger charge is -2.10. The van der Waals surface area contributed by atoms with Gasteiger partial charge >= 0.3 is 0 Å². The number of aliphatic hydroxyl groups is 1. The maximum atomic E-state index is 10.0. The molecule has 0 radical (unpaired) electrons. The minimum absolute atomic E-state index is 0.235. The number of aliphatic hydroxyl groups excluding tert-OH is 1. The molecule has 0 spiro atoms. The number of aryl methyl sites for hydroxylation is 4. The molecule has 1 atom stereocenters. The molecule has 0 saturated carbocycles. The van der Waals surface area contributed by atoms with Crippen molar-refractivity contribution in [2.75, 3.05) is 0 Å². The van der Waals surface area contributed by atoms with Crippen LogP contribution in [0.2, 0.25) is 0 Å². The monoisotopic (exact) mass is 258 g/mol. The molecule has 0 aliphatic rings. The van der Waals surface area contributed by atoms with E-state index in [4.69, 9.17) is 0 Å². The predicted molar refractivity (Wildman–Crippen MR) is 77.0 cm³/mol. The normalized spacial score (nSPS) is 12.6. The van der Waals surface area contributed by atoms with E-state index in [9.17, 15) is 5.11 Å². The zero-order chi connectivity index (χ0) is 13.7. The number of rotatable bonds is 6. The minimum atomic E-state index is -0.235. The van der Waals surface area contributed by atoms with Crippen LogP contribution in [0.5, 0.6) is 0 Å². The van der Waals surface area contributed by atoms with Gasteiger partial charge < -0.3 is 5.11 Å². The van der Waals surface area contributed by atoms with Crippen molar-refractivity contribution in [3.63, 3.8) is 0 Å². The van der Waals surface area contributed by atoms with Gasteiger partial charge in [-0.05, 0) is 43.7 Å². The molecule has 102 valence electrons. The van der Waals surface area contributed by atoms with E-state index < -0.39 is 0 Å². The van der Waals surface area contributed by atoms with Crippen molar-refractivity contribution in [3.8, 4) is 0 Å². The van der Waals surface area contributed by atoms with Crippen LogP contribution in [0.3, 0.4) is 0 Å². The second kappa shape index (κ2) is 6.53. The van der Waals surface area contributed by atoms with Crippen LogP contribution < -0.4 is 0 Å². The lowest BCUT2D eigenvalue weighted by atomic mass is 10.0. The molecule has 0 aliphatic carbocycles. The van der Waals surface area contributed by atoms with Crippen molar-refractivity contribution in [2.45, 2.75) is 38.7 Å². The van der Waals surface area contributed by atoms with Gasteiger partial charge in [0.15, 0.2) is 0 Å². The Morgan fingerprint density at radius 1 is 1.21 bits per heavy atom. The Balaban J connectivity index is 1.74. The highest BCUT2D eigenvalue weighted by atomic mass is 16.3. The Kier molecular flexibility index (Phi) is 4.74. The summed E-state index contributed by atoms with van der Waals surface area (Å²) in [5, 5.41) is 14.2. The van der Waals surface area contributed by atoms with Gasteiger partial charge in [-0.3, -0.25) is 4.68 Å². The fourth-order valence-corrected chi connectivity index (χ4v) is 2.28. The Bertz CT molecular complexity index is 519. The second-order valence-corrected chi connectivity index (χ2v) is 5.24. The van der Waals surface area contributed by atoms with Gasteiger partial charge in [-0.15, -0.1) is 0 Å². The molecule has 0 saturated heterocycles. The number of hydrogen-bond donors (Lipinski definition) is 1. The average Bonchev–Trinajstić information content (AvgIpc) is 2.80. The van der Waals surface area contributed by atoms with Crippen LogP contribution >= 0.6 is 0 Å². The molecule has 1 aromatic heterocycles. The predicted octanol–water partition coefficient (Wildman–Crippen LogP) is 2.65. The first-order valence-corrected chi connectivity index (χ1v) is 6.84. The highest BCUT2D eigenvalue weighted by Gasteiger charge is 2.06. The molecule has 2 rings (SSSR count). The van der Waals surface area contributed by atoms with Gasteiger partial charge in [0.25, 0.3) is 0 Å². The largest absolute Gasteiger partial charge is 0.393 e. The smallest absolute Gasteiger partial charge is 0.0546 e. The first kappa shape index (κ1) is 13.8. The van der Waals surface area contributed by atoms with Crippen molar-refractivity contribution in [3.05, 3.63) is 53.3 Å². The van der Waals surface area contributed by atoms with E-state index in [1.54, 1.807) is 4.68 Å². The van der Waals surface area contributed by atoms with Crippen LogP contribution in [0, 0.1) is 6.92 Å². The minimum Gasteiger partial charge on any atom is -0.393 e. The van der Waals surface area contributed by atoms with Crippen molar-refractivity contribution >= 4 is 0 Å². The van der Waals surface area contributed by atoms with Crippen LogP contribution in [0.15, 0.2) is 36.7 Å².